The molecule has 1 unspecified atom stereocenters. The molecule has 4 rings (SSSR count). The van der Waals surface area contributed by atoms with Crippen molar-refractivity contribution in [3.63, 3.8) is 0 Å². The van der Waals surface area contributed by atoms with Gasteiger partial charge in [-0.15, -0.1) is 0 Å². The highest BCUT2D eigenvalue weighted by atomic mass is 32.2. The molecule has 1 aromatic rings. The molecule has 1 aliphatic heterocycles. The molecule has 182 valence electrons. The number of nitrogens with zero attached hydrogens (tertiary/aromatic N) is 3. The van der Waals surface area contributed by atoms with E-state index in [1.807, 2.05) is 0 Å². The van der Waals surface area contributed by atoms with Crippen LogP contribution in [0.25, 0.3) is 0 Å². The van der Waals surface area contributed by atoms with Crippen LogP contribution < -0.4 is 0 Å². The molecule has 1 aromatic carbocycles. The first-order valence-corrected chi connectivity index (χ1v) is 13.2. The lowest BCUT2D eigenvalue weighted by atomic mass is 9.94. The second-order valence-corrected chi connectivity index (χ2v) is 10.5. The average Bonchev–Trinajstić information content (AvgIpc) is 3.21. The van der Waals surface area contributed by atoms with Crippen LogP contribution in [0.3, 0.4) is 0 Å². The van der Waals surface area contributed by atoms with Crippen molar-refractivity contribution in [3.05, 3.63) is 35.4 Å². The third-order valence-corrected chi connectivity index (χ3v) is 8.21. The van der Waals surface area contributed by atoms with Gasteiger partial charge in [0, 0.05) is 25.3 Å². The lowest BCUT2D eigenvalue weighted by molar-refractivity contribution is -0.141. The molecule has 8 heteroatoms. The Morgan fingerprint density at radius 1 is 1.06 bits per heavy atom. The van der Waals surface area contributed by atoms with Gasteiger partial charge >= 0.3 is 6.18 Å². The van der Waals surface area contributed by atoms with Gasteiger partial charge in [0.1, 0.15) is 6.17 Å². The number of amidine groups is 1. The number of hydrogen-bond donors (Lipinski definition) is 0. The predicted molar refractivity (Wildman–Crippen MR) is 127 cm³/mol. The molecule has 1 heterocycles. The van der Waals surface area contributed by atoms with Crippen LogP contribution in [-0.4, -0.2) is 44.9 Å². The maximum Gasteiger partial charge on any atom is 0.416 e. The lowest BCUT2D eigenvalue weighted by Crippen LogP contribution is -2.53. The van der Waals surface area contributed by atoms with E-state index in [-0.39, 0.29) is 24.2 Å². The van der Waals surface area contributed by atoms with Crippen LogP contribution in [0.2, 0.25) is 0 Å². The fraction of sp³-hybridized carbons (Fsp3) is 0.680. The molecule has 1 amide bonds. The van der Waals surface area contributed by atoms with Crippen LogP contribution in [0.5, 0.6) is 0 Å². The van der Waals surface area contributed by atoms with Gasteiger partial charge in [-0.05, 0) is 37.3 Å². The van der Waals surface area contributed by atoms with Crippen LogP contribution in [0.15, 0.2) is 29.3 Å². The summed E-state index contributed by atoms with van der Waals surface area (Å²) in [7, 11) is 0. The summed E-state index contributed by atoms with van der Waals surface area (Å²) in [5.41, 5.74) is -0.520. The number of amides is 1. The maximum absolute atomic E-state index is 13.6. The minimum atomic E-state index is -4.44. The van der Waals surface area contributed by atoms with Gasteiger partial charge in [-0.25, -0.2) is 0 Å². The average molecular weight is 482 g/mol. The number of aliphatic imine (C=N–C) groups is 1. The fourth-order valence-corrected chi connectivity index (χ4v) is 6.73. The number of alkyl halides is 3. The van der Waals surface area contributed by atoms with Crippen molar-refractivity contribution in [3.8, 4) is 0 Å². The molecule has 0 N–H and O–H groups in total. The highest BCUT2D eigenvalue weighted by molar-refractivity contribution is 8.14. The molecule has 33 heavy (non-hydrogen) atoms. The zero-order valence-corrected chi connectivity index (χ0v) is 20.1. The Bertz CT molecular complexity index is 848. The van der Waals surface area contributed by atoms with Crippen LogP contribution in [0.4, 0.5) is 13.2 Å². The Morgan fingerprint density at radius 3 is 2.33 bits per heavy atom. The quantitative estimate of drug-likeness (QED) is 0.485. The van der Waals surface area contributed by atoms with E-state index >= 15 is 0 Å². The number of rotatable bonds is 5. The van der Waals surface area contributed by atoms with Crippen molar-refractivity contribution in [2.45, 2.75) is 102 Å². The van der Waals surface area contributed by atoms with Crippen molar-refractivity contribution in [1.82, 2.24) is 9.80 Å². The van der Waals surface area contributed by atoms with Gasteiger partial charge in [-0.2, -0.15) is 13.2 Å². The molecule has 0 spiro atoms. The molecule has 2 aliphatic carbocycles. The predicted octanol–water partition coefficient (Wildman–Crippen LogP) is 6.45. The van der Waals surface area contributed by atoms with Crippen molar-refractivity contribution >= 4 is 22.8 Å². The van der Waals surface area contributed by atoms with Crippen LogP contribution in [0.1, 0.15) is 82.3 Å². The van der Waals surface area contributed by atoms with Gasteiger partial charge in [0.2, 0.25) is 5.91 Å². The number of carbonyl (C=O) groups excluding carboxylic acids is 1. The zero-order valence-electron chi connectivity index (χ0n) is 19.3. The van der Waals surface area contributed by atoms with Crippen LogP contribution >= 0.6 is 11.8 Å². The van der Waals surface area contributed by atoms with Gasteiger partial charge in [-0.1, -0.05) is 68.5 Å². The molecule has 0 bridgehead atoms. The highest BCUT2D eigenvalue weighted by Gasteiger charge is 2.41. The van der Waals surface area contributed by atoms with E-state index in [4.69, 9.17) is 4.99 Å². The summed E-state index contributed by atoms with van der Waals surface area (Å²) in [6.45, 7) is 1.42. The van der Waals surface area contributed by atoms with E-state index in [9.17, 15) is 18.0 Å². The number of halogens is 3. The molecule has 0 aromatic heterocycles. The molecule has 1 atom stereocenters. The SMILES string of the molecule is CC(=O)N(Cc1ccccc1C(F)(F)F)C1CSC(=NC2CCCCC2)N1C1CCCCC1. The van der Waals surface area contributed by atoms with Gasteiger partial charge in [0.25, 0.3) is 0 Å². The Morgan fingerprint density at radius 2 is 1.70 bits per heavy atom. The minimum absolute atomic E-state index is 0.0455. The van der Waals surface area contributed by atoms with Crippen LogP contribution in [0, 0.1) is 0 Å². The smallest absolute Gasteiger partial charge is 0.327 e. The third kappa shape index (κ3) is 5.87. The van der Waals surface area contributed by atoms with E-state index in [2.05, 4.69) is 4.90 Å². The standard InChI is InChI=1S/C25H34F3N3OS/c1-18(32)30(16-19-10-8-9-15-22(19)25(26,27)28)23-17-33-24(29-20-11-4-2-5-12-20)31(23)21-13-6-3-7-14-21/h8-10,15,20-21,23H,2-7,11-14,16-17H2,1H3. The normalized spacial score (nSPS) is 24.4. The molecule has 3 aliphatic rings. The molecular formula is C25H34F3N3OS. The second kappa shape index (κ2) is 10.7. The Labute approximate surface area is 199 Å². The zero-order chi connectivity index (χ0) is 23.4. The molecule has 0 radical (unpaired) electrons. The van der Waals surface area contributed by atoms with Gasteiger partial charge in [-0.3, -0.25) is 9.79 Å². The minimum Gasteiger partial charge on any atom is -0.327 e. The third-order valence-electron chi connectivity index (χ3n) is 7.17. The monoisotopic (exact) mass is 481 g/mol. The summed E-state index contributed by atoms with van der Waals surface area (Å²) in [5.74, 6) is 0.452. The van der Waals surface area contributed by atoms with E-state index < -0.39 is 11.7 Å². The maximum atomic E-state index is 13.6. The lowest BCUT2D eigenvalue weighted by Gasteiger charge is -2.41. The number of benzene rings is 1. The summed E-state index contributed by atoms with van der Waals surface area (Å²) in [5, 5.41) is 0.995. The topological polar surface area (TPSA) is 35.9 Å². The van der Waals surface area contributed by atoms with Gasteiger partial charge < -0.3 is 9.80 Å². The van der Waals surface area contributed by atoms with Gasteiger partial charge in [0.15, 0.2) is 5.17 Å². The Kier molecular flexibility index (Phi) is 7.92. The summed E-state index contributed by atoms with van der Waals surface area (Å²) >= 11 is 1.67. The van der Waals surface area contributed by atoms with E-state index in [1.54, 1.807) is 22.7 Å². The van der Waals surface area contributed by atoms with Crippen LogP contribution in [-0.2, 0) is 17.5 Å². The summed E-state index contributed by atoms with van der Waals surface area (Å²) < 4.78 is 40.9. The molecule has 4 nitrogen and oxygen atoms in total. The largest absolute Gasteiger partial charge is 0.416 e. The van der Waals surface area contributed by atoms with E-state index in [0.29, 0.717) is 17.8 Å². The Hall–Kier alpha value is -1.70. The van der Waals surface area contributed by atoms with Crippen molar-refractivity contribution < 1.29 is 18.0 Å². The first-order chi connectivity index (χ1) is 15.8. The Balaban J connectivity index is 1.63. The highest BCUT2D eigenvalue weighted by Crippen LogP contribution is 2.37. The summed E-state index contributed by atoms with van der Waals surface area (Å²) in [6, 6.07) is 6.22. The first kappa shape index (κ1) is 24.4. The molecular weight excluding hydrogens is 447 g/mol. The first-order valence-electron chi connectivity index (χ1n) is 12.3. The number of thioether (sulfide) groups is 1. The number of hydrogen-bond acceptors (Lipinski definition) is 3. The summed E-state index contributed by atoms with van der Waals surface area (Å²) in [4.78, 5) is 21.9. The second-order valence-electron chi connectivity index (χ2n) is 9.50. The van der Waals surface area contributed by atoms with Gasteiger partial charge in [0.05, 0.1) is 11.6 Å². The molecule has 1 saturated heterocycles. The van der Waals surface area contributed by atoms with E-state index in [0.717, 1.165) is 49.8 Å². The molecule has 3 fully saturated rings. The van der Waals surface area contributed by atoms with E-state index in [1.165, 1.54) is 44.7 Å². The molecule has 2 saturated carbocycles. The number of carbonyl (C=O) groups is 1. The van der Waals surface area contributed by atoms with Crippen molar-refractivity contribution in [1.29, 1.82) is 0 Å². The van der Waals surface area contributed by atoms with Crippen molar-refractivity contribution in [2.24, 2.45) is 4.99 Å². The van der Waals surface area contributed by atoms with Crippen molar-refractivity contribution in [2.75, 3.05) is 5.75 Å². The fourth-order valence-electron chi connectivity index (χ4n) is 5.45. The summed E-state index contributed by atoms with van der Waals surface area (Å²) in [6.07, 6.45) is 6.76.